The number of fused-ring (bicyclic) bond motifs is 3. The lowest BCUT2D eigenvalue weighted by Crippen LogP contribution is -2.49. The van der Waals surface area contributed by atoms with Crippen LogP contribution in [0.2, 0.25) is 0 Å². The molecule has 1 saturated heterocycles. The van der Waals surface area contributed by atoms with Crippen molar-refractivity contribution in [3.63, 3.8) is 0 Å². The Balaban J connectivity index is 1.53. The monoisotopic (exact) mass is 539 g/mol. The van der Waals surface area contributed by atoms with Crippen LogP contribution in [-0.4, -0.2) is 71.3 Å². The minimum absolute atomic E-state index is 0.146. The maximum absolute atomic E-state index is 15.7. The van der Waals surface area contributed by atoms with Gasteiger partial charge in [0.2, 0.25) is 0 Å². The number of alkyl halides is 4. The second-order valence-electron chi connectivity index (χ2n) is 10.6. The third kappa shape index (κ3) is 4.94. The third-order valence-electron chi connectivity index (χ3n) is 7.86. The summed E-state index contributed by atoms with van der Waals surface area (Å²) in [5.74, 6) is -5.99. The predicted octanol–water partition coefficient (Wildman–Crippen LogP) is 5.71. The number of rotatable bonds is 9. The molecule has 10 heteroatoms. The van der Waals surface area contributed by atoms with Gasteiger partial charge >= 0.3 is 0 Å². The molecule has 2 aromatic carbocycles. The zero-order valence-electron chi connectivity index (χ0n) is 21.0. The maximum atomic E-state index is 15.7. The Kier molecular flexibility index (Phi) is 7.50. The molecule has 1 aromatic heterocycles. The molecule has 206 valence electrons. The molecule has 0 saturated carbocycles. The molecule has 0 amide bonds. The first-order chi connectivity index (χ1) is 18.1. The lowest BCUT2D eigenvalue weighted by molar-refractivity contribution is -0.0869. The van der Waals surface area contributed by atoms with Crippen molar-refractivity contribution in [2.45, 2.75) is 43.9 Å². The van der Waals surface area contributed by atoms with Crippen LogP contribution < -0.4 is 0 Å². The number of aromatic amines is 1. The van der Waals surface area contributed by atoms with E-state index in [1.165, 1.54) is 4.90 Å². The molecule has 0 bridgehead atoms. The van der Waals surface area contributed by atoms with E-state index in [4.69, 9.17) is 0 Å². The number of hydrogen-bond acceptors (Lipinski definition) is 3. The highest BCUT2D eigenvalue weighted by atomic mass is 19.3. The molecule has 3 atom stereocenters. The molecule has 0 radical (unpaired) electrons. The number of benzene rings is 2. The van der Waals surface area contributed by atoms with E-state index >= 15 is 13.2 Å². The van der Waals surface area contributed by atoms with Crippen LogP contribution in [0.4, 0.5) is 26.3 Å². The Morgan fingerprint density at radius 1 is 1.13 bits per heavy atom. The molecule has 3 heterocycles. The third-order valence-corrected chi connectivity index (χ3v) is 7.86. The van der Waals surface area contributed by atoms with E-state index < -0.39 is 67.1 Å². The average molecular weight is 540 g/mol. The van der Waals surface area contributed by atoms with Gasteiger partial charge in [-0.05, 0) is 49.1 Å². The molecular weight excluding hydrogens is 508 g/mol. The van der Waals surface area contributed by atoms with E-state index in [9.17, 15) is 18.3 Å². The topological polar surface area (TPSA) is 42.5 Å². The number of aliphatic hydroxyl groups excluding tert-OH is 1. The standard InChI is InChI=1S/C28H31F6N3O/c1-16-9-20-19-5-2-3-6-23(19)35-26(20)27(37(16)14-28(33,34)15-38)24-21(30)10-17(11-22(24)31)25(32)18-12-36(13-18)8-4-7-29/h2-3,5-6,10-11,16,18,25,27,35,38H,4,7-9,12-15H2,1H3/t16-,25+,27?/m1/s1. The number of halogens is 6. The van der Waals surface area contributed by atoms with Gasteiger partial charge in [0, 0.05) is 53.8 Å². The summed E-state index contributed by atoms with van der Waals surface area (Å²) in [5.41, 5.74) is 1.33. The molecule has 4 nitrogen and oxygen atoms in total. The van der Waals surface area contributed by atoms with Crippen molar-refractivity contribution in [1.82, 2.24) is 14.8 Å². The van der Waals surface area contributed by atoms with Gasteiger partial charge in [-0.1, -0.05) is 18.2 Å². The molecule has 0 spiro atoms. The van der Waals surface area contributed by atoms with Crippen molar-refractivity contribution >= 4 is 10.9 Å². The fraction of sp³-hybridized carbons (Fsp3) is 0.500. The number of aliphatic hydroxyl groups is 1. The Morgan fingerprint density at radius 3 is 2.47 bits per heavy atom. The van der Waals surface area contributed by atoms with Crippen LogP contribution in [0.3, 0.4) is 0 Å². The van der Waals surface area contributed by atoms with E-state index in [1.54, 1.807) is 19.1 Å². The van der Waals surface area contributed by atoms with Gasteiger partial charge in [0.15, 0.2) is 0 Å². The largest absolute Gasteiger partial charge is 0.390 e. The van der Waals surface area contributed by atoms with Gasteiger partial charge in [-0.3, -0.25) is 9.29 Å². The molecule has 1 fully saturated rings. The molecule has 5 rings (SSSR count). The molecule has 3 aromatic rings. The van der Waals surface area contributed by atoms with Crippen molar-refractivity contribution in [2.75, 3.05) is 39.5 Å². The molecule has 2 aliphatic heterocycles. The van der Waals surface area contributed by atoms with Gasteiger partial charge in [-0.25, -0.2) is 22.0 Å². The zero-order chi connectivity index (χ0) is 27.2. The van der Waals surface area contributed by atoms with Crippen molar-refractivity contribution in [3.05, 3.63) is 70.4 Å². The number of para-hydroxylation sites is 1. The molecule has 0 aliphatic carbocycles. The Morgan fingerprint density at radius 2 is 1.82 bits per heavy atom. The van der Waals surface area contributed by atoms with Crippen LogP contribution in [0.5, 0.6) is 0 Å². The highest BCUT2D eigenvalue weighted by Gasteiger charge is 2.44. The fourth-order valence-electron chi connectivity index (χ4n) is 5.94. The first-order valence-corrected chi connectivity index (χ1v) is 12.9. The van der Waals surface area contributed by atoms with Crippen LogP contribution in [0.1, 0.15) is 47.9 Å². The van der Waals surface area contributed by atoms with Crippen LogP contribution in [-0.2, 0) is 6.42 Å². The summed E-state index contributed by atoms with van der Waals surface area (Å²) < 4.78 is 87.9. The second kappa shape index (κ2) is 10.5. The molecular formula is C28H31F6N3O. The van der Waals surface area contributed by atoms with E-state index in [0.717, 1.165) is 23.1 Å². The summed E-state index contributed by atoms with van der Waals surface area (Å²) in [6.07, 6.45) is -0.895. The Hall–Kier alpha value is -2.56. The molecule has 2 N–H and O–H groups in total. The quantitative estimate of drug-likeness (QED) is 0.343. The lowest BCUT2D eigenvalue weighted by Gasteiger charge is -2.42. The van der Waals surface area contributed by atoms with Crippen LogP contribution in [0, 0.1) is 17.6 Å². The summed E-state index contributed by atoms with van der Waals surface area (Å²) >= 11 is 0. The lowest BCUT2D eigenvalue weighted by atomic mass is 9.85. The number of likely N-dealkylation sites (tertiary alicyclic amines) is 1. The van der Waals surface area contributed by atoms with Gasteiger partial charge in [-0.15, -0.1) is 0 Å². The van der Waals surface area contributed by atoms with Crippen LogP contribution in [0.25, 0.3) is 10.9 Å². The van der Waals surface area contributed by atoms with Gasteiger partial charge in [0.25, 0.3) is 5.92 Å². The van der Waals surface area contributed by atoms with Crippen molar-refractivity contribution < 1.29 is 31.4 Å². The predicted molar refractivity (Wildman–Crippen MR) is 133 cm³/mol. The van der Waals surface area contributed by atoms with Gasteiger partial charge in [-0.2, -0.15) is 0 Å². The van der Waals surface area contributed by atoms with E-state index in [-0.39, 0.29) is 5.56 Å². The normalized spacial score (nSPS) is 22.0. The van der Waals surface area contributed by atoms with E-state index in [0.29, 0.717) is 43.7 Å². The number of nitrogens with one attached hydrogen (secondary N) is 1. The van der Waals surface area contributed by atoms with Gasteiger partial charge < -0.3 is 15.0 Å². The fourth-order valence-corrected chi connectivity index (χ4v) is 5.94. The number of nitrogens with zero attached hydrogens (tertiary/aromatic N) is 2. The Bertz CT molecular complexity index is 1270. The van der Waals surface area contributed by atoms with Crippen molar-refractivity contribution in [2.24, 2.45) is 5.92 Å². The SMILES string of the molecule is C[C@@H]1Cc2c([nH]c3ccccc23)C(c2c(F)cc([C@H](F)C3CN(CCCF)C3)cc2F)N1CC(F)(F)CO. The maximum Gasteiger partial charge on any atom is 0.283 e. The molecule has 1 unspecified atom stereocenters. The first kappa shape index (κ1) is 27.0. The van der Waals surface area contributed by atoms with Crippen LogP contribution >= 0.6 is 0 Å². The first-order valence-electron chi connectivity index (χ1n) is 12.9. The van der Waals surface area contributed by atoms with Crippen molar-refractivity contribution in [1.29, 1.82) is 0 Å². The zero-order valence-corrected chi connectivity index (χ0v) is 21.0. The minimum atomic E-state index is -3.49. The molecule has 38 heavy (non-hydrogen) atoms. The summed E-state index contributed by atoms with van der Waals surface area (Å²) in [6.45, 7) is 0.175. The van der Waals surface area contributed by atoms with E-state index in [2.05, 4.69) is 4.98 Å². The number of aromatic nitrogens is 1. The number of H-pyrrole nitrogens is 1. The van der Waals surface area contributed by atoms with Crippen LogP contribution in [0.15, 0.2) is 36.4 Å². The Labute approximate surface area is 217 Å². The second-order valence-corrected chi connectivity index (χ2v) is 10.6. The minimum Gasteiger partial charge on any atom is -0.390 e. The highest BCUT2D eigenvalue weighted by Crippen LogP contribution is 2.44. The van der Waals surface area contributed by atoms with Gasteiger partial charge in [0.1, 0.15) is 24.4 Å². The summed E-state index contributed by atoms with van der Waals surface area (Å²) in [4.78, 5) is 6.37. The highest BCUT2D eigenvalue weighted by molar-refractivity contribution is 5.85. The van der Waals surface area contributed by atoms with Crippen molar-refractivity contribution in [3.8, 4) is 0 Å². The summed E-state index contributed by atoms with van der Waals surface area (Å²) in [5, 5.41) is 10.1. The number of hydrogen-bond donors (Lipinski definition) is 2. The van der Waals surface area contributed by atoms with Gasteiger partial charge in [0.05, 0.1) is 19.3 Å². The van der Waals surface area contributed by atoms with E-state index in [1.807, 2.05) is 17.0 Å². The summed E-state index contributed by atoms with van der Waals surface area (Å²) in [6, 6.07) is 7.46. The average Bonchev–Trinajstić information content (AvgIpc) is 3.22. The molecule has 2 aliphatic rings. The summed E-state index contributed by atoms with van der Waals surface area (Å²) in [7, 11) is 0. The smallest absolute Gasteiger partial charge is 0.283 e.